The molecule has 2 aromatic rings. The second kappa shape index (κ2) is 17.8. The Kier molecular flexibility index (Phi) is 15.2. The Morgan fingerprint density at radius 1 is 0.600 bits per heavy atom. The number of pyridine rings is 1. The molecule has 1 aromatic carbocycles. The second-order valence-corrected chi connectivity index (χ2v) is 17.3. The molecule has 0 saturated carbocycles. The van der Waals surface area contributed by atoms with Crippen molar-refractivity contribution in [2.24, 2.45) is 0 Å². The summed E-state index contributed by atoms with van der Waals surface area (Å²) in [5, 5.41) is 0.714. The highest BCUT2D eigenvalue weighted by Crippen LogP contribution is 2.48. The van der Waals surface area contributed by atoms with Gasteiger partial charge in [-0.05, 0) is 24.3 Å². The Balaban J connectivity index is 1.91. The Hall–Kier alpha value is -1.15. The molecule has 0 aliphatic carbocycles. The van der Waals surface area contributed by atoms with Crippen LogP contribution in [0.2, 0.25) is 0 Å². The third-order valence-electron chi connectivity index (χ3n) is 7.81. The van der Waals surface area contributed by atoms with Crippen molar-refractivity contribution < 1.29 is 45.2 Å². The maximum atomic E-state index is 13.7. The monoisotopic (exact) mass is 697 g/mol. The van der Waals surface area contributed by atoms with E-state index >= 15 is 0 Å². The number of nitrogens with zero attached hydrogens (tertiary/aromatic N) is 5. The molecule has 0 atom stereocenters. The number of benzene rings is 1. The van der Waals surface area contributed by atoms with Crippen LogP contribution in [0.25, 0.3) is 10.9 Å². The van der Waals surface area contributed by atoms with E-state index in [2.05, 4.69) is 4.90 Å². The average Bonchev–Trinajstić information content (AvgIpc) is 3.05. The summed E-state index contributed by atoms with van der Waals surface area (Å²) < 4.78 is 84.6. The van der Waals surface area contributed by atoms with E-state index in [0.717, 1.165) is 5.69 Å². The molecule has 0 radical (unpaired) electrons. The molecule has 1 saturated heterocycles. The summed E-state index contributed by atoms with van der Waals surface area (Å²) in [5.41, 5.74) is 1.50. The minimum atomic E-state index is -3.40. The van der Waals surface area contributed by atoms with Crippen LogP contribution in [0.5, 0.6) is 0 Å². The molecule has 18 heteroatoms. The molecule has 256 valence electrons. The van der Waals surface area contributed by atoms with Gasteiger partial charge in [0.1, 0.15) is 24.7 Å². The Bertz CT molecular complexity index is 1310. The lowest BCUT2D eigenvalue weighted by Gasteiger charge is -2.35. The van der Waals surface area contributed by atoms with Crippen molar-refractivity contribution in [3.05, 3.63) is 41.8 Å². The van der Waals surface area contributed by atoms with Crippen molar-refractivity contribution in [2.75, 3.05) is 114 Å². The second-order valence-electron chi connectivity index (χ2n) is 10.6. The van der Waals surface area contributed by atoms with E-state index in [4.69, 9.17) is 32.1 Å². The largest absolute Gasteiger partial charge is 0.344 e. The number of rotatable bonds is 14. The molecule has 2 heterocycles. The molecule has 45 heavy (non-hydrogen) atoms. The first-order valence-corrected chi connectivity index (χ1v) is 19.7. The molecule has 0 N–H and O–H groups in total. The van der Waals surface area contributed by atoms with Crippen LogP contribution in [0.1, 0.15) is 5.69 Å². The van der Waals surface area contributed by atoms with Crippen LogP contribution in [-0.2, 0) is 47.4 Å². The predicted molar refractivity (Wildman–Crippen MR) is 171 cm³/mol. The molecule has 1 aromatic heterocycles. The first-order valence-electron chi connectivity index (χ1n) is 14.5. The van der Waals surface area contributed by atoms with E-state index in [9.17, 15) is 18.1 Å². The summed E-state index contributed by atoms with van der Waals surface area (Å²) in [6, 6.07) is 8.23. The van der Waals surface area contributed by atoms with E-state index in [1.165, 1.54) is 54.8 Å². The van der Waals surface area contributed by atoms with Gasteiger partial charge < -0.3 is 27.1 Å². The molecular formula is C27H47FN5O9P3. The minimum absolute atomic E-state index is 0.0315. The molecule has 1 aliphatic heterocycles. The fourth-order valence-electron chi connectivity index (χ4n) is 4.92. The fraction of sp³-hybridized carbons (Fsp3) is 0.667. The topological polar surface area (TPSA) is 132 Å². The number of hydrogen-bond donors (Lipinski definition) is 0. The van der Waals surface area contributed by atoms with Crippen molar-refractivity contribution in [3.63, 3.8) is 0 Å². The molecule has 3 rings (SSSR count). The van der Waals surface area contributed by atoms with Crippen molar-refractivity contribution in [2.45, 2.75) is 6.54 Å². The molecule has 0 bridgehead atoms. The quantitative estimate of drug-likeness (QED) is 0.258. The van der Waals surface area contributed by atoms with Crippen molar-refractivity contribution in [1.82, 2.24) is 24.6 Å². The number of fused-ring (bicyclic) bond motifs is 1. The van der Waals surface area contributed by atoms with Gasteiger partial charge in [-0.2, -0.15) is 0 Å². The average molecular weight is 698 g/mol. The van der Waals surface area contributed by atoms with Gasteiger partial charge in [0, 0.05) is 107 Å². The lowest BCUT2D eigenvalue weighted by Crippen LogP contribution is -2.46. The van der Waals surface area contributed by atoms with Gasteiger partial charge in [-0.25, -0.2) is 4.39 Å². The third kappa shape index (κ3) is 11.8. The van der Waals surface area contributed by atoms with Crippen molar-refractivity contribution >= 4 is 33.7 Å². The van der Waals surface area contributed by atoms with Crippen LogP contribution in [0.3, 0.4) is 0 Å². The predicted octanol–water partition coefficient (Wildman–Crippen LogP) is 4.43. The lowest BCUT2D eigenvalue weighted by molar-refractivity contribution is 0.136. The summed E-state index contributed by atoms with van der Waals surface area (Å²) >= 11 is 0. The zero-order valence-electron chi connectivity index (χ0n) is 27.0. The summed E-state index contributed by atoms with van der Waals surface area (Å²) in [5.74, 6) is -0.320. The SMILES string of the molecule is COP(=O)(CN1CCN(Cc2ccc3cc(F)ccc3n2)CCN(CP(=O)(OC)OC)CCN(CP(=O)(OC)OC)CC1)OC. The Labute approximate surface area is 265 Å². The molecular weight excluding hydrogens is 650 g/mol. The Morgan fingerprint density at radius 2 is 0.978 bits per heavy atom. The van der Waals surface area contributed by atoms with E-state index in [-0.39, 0.29) is 24.7 Å². The molecule has 0 unspecified atom stereocenters. The summed E-state index contributed by atoms with van der Waals surface area (Å²) in [7, 11) is -2.04. The van der Waals surface area contributed by atoms with Gasteiger partial charge in [0.15, 0.2) is 0 Å². The van der Waals surface area contributed by atoms with Crippen LogP contribution in [0, 0.1) is 5.82 Å². The zero-order chi connectivity index (χ0) is 33.1. The first-order chi connectivity index (χ1) is 21.4. The van der Waals surface area contributed by atoms with E-state index < -0.39 is 22.8 Å². The molecule has 0 spiro atoms. The van der Waals surface area contributed by atoms with Gasteiger partial charge >= 0.3 is 22.8 Å². The van der Waals surface area contributed by atoms with Crippen LogP contribution >= 0.6 is 22.8 Å². The highest BCUT2D eigenvalue weighted by molar-refractivity contribution is 7.54. The molecule has 1 aliphatic rings. The van der Waals surface area contributed by atoms with Crippen LogP contribution in [0.15, 0.2) is 30.3 Å². The van der Waals surface area contributed by atoms with Crippen LogP contribution in [-0.4, -0.2) is 138 Å². The number of hydrogen-bond acceptors (Lipinski definition) is 14. The fourth-order valence-corrected chi connectivity index (χ4v) is 8.38. The van der Waals surface area contributed by atoms with Crippen LogP contribution < -0.4 is 0 Å². The summed E-state index contributed by atoms with van der Waals surface area (Å²) in [6.07, 6.45) is 0.152. The van der Waals surface area contributed by atoms with Gasteiger partial charge in [-0.3, -0.25) is 38.3 Å². The number of halogens is 1. The summed E-state index contributed by atoms with van der Waals surface area (Å²) in [6.45, 7) is 4.40. The molecule has 1 fully saturated rings. The normalized spacial score (nSPS) is 18.2. The molecule has 14 nitrogen and oxygen atoms in total. The third-order valence-corrected chi connectivity index (χ3v) is 13.4. The Morgan fingerprint density at radius 3 is 1.36 bits per heavy atom. The highest BCUT2D eigenvalue weighted by Gasteiger charge is 2.31. The van der Waals surface area contributed by atoms with Crippen LogP contribution in [0.4, 0.5) is 4.39 Å². The standard InChI is InChI=1S/C27H47FN5O9P3/c1-37-43(34,38-2)21-31-13-11-30(20-26-9-7-24-19-25(28)8-10-27(24)29-26)12-14-32(22-44(35,39-3)40-4)16-18-33(17-15-31)23-45(36,41-5)42-6/h7-10,19H,11-18,20-23H2,1-6H3. The summed E-state index contributed by atoms with van der Waals surface area (Å²) in [4.78, 5) is 12.9. The smallest absolute Gasteiger partial charge is 0.311 e. The lowest BCUT2D eigenvalue weighted by atomic mass is 10.2. The van der Waals surface area contributed by atoms with Gasteiger partial charge in [-0.1, -0.05) is 6.07 Å². The number of aromatic nitrogens is 1. The minimum Gasteiger partial charge on any atom is -0.311 e. The highest BCUT2D eigenvalue weighted by atomic mass is 31.2. The van der Waals surface area contributed by atoms with Gasteiger partial charge in [0.2, 0.25) is 0 Å². The zero-order valence-corrected chi connectivity index (χ0v) is 29.7. The van der Waals surface area contributed by atoms with E-state index in [1.807, 2.05) is 26.8 Å². The van der Waals surface area contributed by atoms with Gasteiger partial charge in [0.05, 0.1) is 11.2 Å². The molecule has 0 amide bonds. The van der Waals surface area contributed by atoms with Gasteiger partial charge in [-0.15, -0.1) is 0 Å². The van der Waals surface area contributed by atoms with Gasteiger partial charge in [0.25, 0.3) is 0 Å². The van der Waals surface area contributed by atoms with E-state index in [1.54, 1.807) is 6.07 Å². The van der Waals surface area contributed by atoms with Crippen molar-refractivity contribution in [3.8, 4) is 0 Å². The van der Waals surface area contributed by atoms with E-state index in [0.29, 0.717) is 69.8 Å². The first kappa shape index (κ1) is 38.3. The van der Waals surface area contributed by atoms with Crippen molar-refractivity contribution in [1.29, 1.82) is 0 Å². The maximum absolute atomic E-state index is 13.7. The maximum Gasteiger partial charge on any atom is 0.344 e.